The normalized spacial score (nSPS) is 17.8. The molecule has 4 aromatic rings. The van der Waals surface area contributed by atoms with Crippen LogP contribution in [0.1, 0.15) is 85.9 Å². The highest BCUT2D eigenvalue weighted by molar-refractivity contribution is 7.89. The van der Waals surface area contributed by atoms with Crippen molar-refractivity contribution in [2.75, 3.05) is 23.5 Å². The van der Waals surface area contributed by atoms with Crippen molar-refractivity contribution < 1.29 is 27.9 Å². The van der Waals surface area contributed by atoms with Gasteiger partial charge in [0.25, 0.3) is 0 Å². The van der Waals surface area contributed by atoms with E-state index in [2.05, 4.69) is 21.3 Å². The summed E-state index contributed by atoms with van der Waals surface area (Å²) in [4.78, 5) is 30.7. The van der Waals surface area contributed by atoms with Crippen LogP contribution >= 0.6 is 0 Å². The molecule has 3 aromatic carbocycles. The Morgan fingerprint density at radius 3 is 2.47 bits per heavy atom. The minimum absolute atomic E-state index is 0.110. The molecule has 13 heteroatoms. The predicted octanol–water partition coefficient (Wildman–Crippen LogP) is 6.22. The Bertz CT molecular complexity index is 2110. The molecular weight excluding hydrogens is 693 g/mol. The maximum atomic E-state index is 14.6. The van der Waals surface area contributed by atoms with Gasteiger partial charge in [0.05, 0.1) is 35.8 Å². The summed E-state index contributed by atoms with van der Waals surface area (Å²) < 4.78 is 35.9. The van der Waals surface area contributed by atoms with E-state index in [0.29, 0.717) is 17.7 Å². The summed E-state index contributed by atoms with van der Waals surface area (Å²) in [7, 11) is -3.90. The fourth-order valence-electron chi connectivity index (χ4n) is 7.36. The number of rotatable bonds is 12. The molecule has 4 N–H and O–H groups in total. The van der Waals surface area contributed by atoms with Crippen LogP contribution in [0.2, 0.25) is 0 Å². The van der Waals surface area contributed by atoms with Crippen molar-refractivity contribution >= 4 is 33.3 Å². The number of amides is 1. The minimum Gasteiger partial charge on any atom is -0.488 e. The second kappa shape index (κ2) is 15.2. The van der Waals surface area contributed by atoms with Gasteiger partial charge >= 0.3 is 5.97 Å². The number of fused-ring (bicyclic) bond motifs is 2. The van der Waals surface area contributed by atoms with Crippen molar-refractivity contribution in [3.8, 4) is 5.75 Å². The molecule has 2 aliphatic heterocycles. The third-order valence-electron chi connectivity index (χ3n) is 10.5. The predicted molar refractivity (Wildman–Crippen MR) is 204 cm³/mol. The molecule has 0 fully saturated rings. The summed E-state index contributed by atoms with van der Waals surface area (Å²) in [6.07, 6.45) is 3.14. The molecule has 12 nitrogen and oxygen atoms in total. The molecule has 1 aromatic heterocycles. The van der Waals surface area contributed by atoms with E-state index in [1.807, 2.05) is 76.9 Å². The van der Waals surface area contributed by atoms with E-state index in [-0.39, 0.29) is 36.4 Å². The van der Waals surface area contributed by atoms with Gasteiger partial charge in [-0.15, -0.1) is 5.53 Å². The number of benzene rings is 3. The van der Waals surface area contributed by atoms with E-state index in [4.69, 9.17) is 4.74 Å². The van der Waals surface area contributed by atoms with Gasteiger partial charge in [0.2, 0.25) is 15.9 Å². The van der Waals surface area contributed by atoms with Gasteiger partial charge in [-0.2, -0.15) is 4.31 Å². The van der Waals surface area contributed by atoms with Gasteiger partial charge < -0.3 is 20.6 Å². The van der Waals surface area contributed by atoms with Crippen LogP contribution in [0, 0.1) is 19.3 Å². The second-order valence-corrected chi connectivity index (χ2v) is 16.2. The first-order valence-electron chi connectivity index (χ1n) is 18.0. The molecule has 0 saturated carbocycles. The van der Waals surface area contributed by atoms with E-state index < -0.39 is 33.4 Å². The van der Waals surface area contributed by atoms with Crippen molar-refractivity contribution in [2.45, 2.75) is 83.9 Å². The first-order chi connectivity index (χ1) is 25.3. The molecule has 0 saturated heterocycles. The smallest absolute Gasteiger partial charge is 0.305 e. The summed E-state index contributed by atoms with van der Waals surface area (Å²) in [6, 6.07) is 19.4. The summed E-state index contributed by atoms with van der Waals surface area (Å²) in [6.45, 7) is 12.8. The number of nitrogens with one attached hydrogen (secondary N) is 3. The van der Waals surface area contributed by atoms with Gasteiger partial charge in [0, 0.05) is 31.4 Å². The highest BCUT2D eigenvalue weighted by atomic mass is 32.2. The number of carboxylic acid groups (broad SMARTS) is 1. The quantitative estimate of drug-likeness (QED) is 0.132. The van der Waals surface area contributed by atoms with Gasteiger partial charge in [-0.25, -0.2) is 8.42 Å². The lowest BCUT2D eigenvalue weighted by Crippen LogP contribution is -2.43. The van der Waals surface area contributed by atoms with Crippen molar-refractivity contribution in [1.29, 1.82) is 0 Å². The maximum absolute atomic E-state index is 14.6. The fraction of sp³-hybridized carbons (Fsp3) is 0.375. The molecule has 0 spiro atoms. The van der Waals surface area contributed by atoms with E-state index in [0.717, 1.165) is 45.7 Å². The van der Waals surface area contributed by atoms with Gasteiger partial charge in [0.15, 0.2) is 0 Å². The zero-order valence-electron chi connectivity index (χ0n) is 31.0. The van der Waals surface area contributed by atoms with E-state index in [1.54, 1.807) is 48.8 Å². The fourth-order valence-corrected chi connectivity index (χ4v) is 8.93. The number of carbonyl (C=O) groups is 2. The molecule has 53 heavy (non-hydrogen) atoms. The number of nitrogens with zero attached hydrogens (tertiary/aromatic N) is 3. The molecule has 0 bridgehead atoms. The Hall–Kier alpha value is -4.98. The second-order valence-electron chi connectivity index (χ2n) is 14.3. The third kappa shape index (κ3) is 7.46. The van der Waals surface area contributed by atoms with Crippen molar-refractivity contribution in [1.82, 2.24) is 20.1 Å². The zero-order chi connectivity index (χ0) is 38.1. The molecule has 3 atom stereocenters. The number of aryl methyl sites for hydroxylation is 1. The standard InChI is InChI=1S/C40H48N6O6S/c1-7-30-24-45(53(50,51)35-12-10-9-11-34(35)52-30)23-29-21-28(14-13-25(29)3)37(31-15-16-33-38(26(31)4)43-44-46(33)8-2)40(5,6)39(49)42-32(22-36(47)48)27-17-19-41-20-18-27/h9-21,30,32,37,43-44H,7-8,22-24H2,1-6H3,(H,42,49)(H,47,48)/t30-,32?,37+/m1/s1. The lowest BCUT2D eigenvalue weighted by molar-refractivity contribution is -0.138. The average molecular weight is 741 g/mol. The molecule has 1 unspecified atom stereocenters. The SMILES string of the molecule is CC[C@@H]1CN(Cc2cc([C@@H](c3ccc4c(c3C)NNN4CC)C(C)(C)C(=O)NC(CC(=O)O)c3ccncc3)ccc2C)S(=O)(=O)c2ccccc2O1. The average Bonchev–Trinajstić information content (AvgIpc) is 3.53. The van der Waals surface area contributed by atoms with Gasteiger partial charge in [0.1, 0.15) is 16.7 Å². The maximum Gasteiger partial charge on any atom is 0.305 e. The summed E-state index contributed by atoms with van der Waals surface area (Å²) in [5.74, 6) is -1.55. The molecule has 2 aliphatic rings. The highest BCUT2D eigenvalue weighted by Crippen LogP contribution is 2.47. The molecule has 280 valence electrons. The minimum atomic E-state index is -3.90. The molecule has 0 radical (unpaired) electrons. The molecule has 0 aliphatic carbocycles. The van der Waals surface area contributed by atoms with Crippen molar-refractivity contribution in [3.05, 3.63) is 113 Å². The van der Waals surface area contributed by atoms with Crippen LogP contribution < -0.4 is 26.0 Å². The Kier molecular flexibility index (Phi) is 10.8. The number of para-hydroxylation sites is 1. The van der Waals surface area contributed by atoms with Crippen molar-refractivity contribution in [2.24, 2.45) is 5.41 Å². The van der Waals surface area contributed by atoms with E-state index in [9.17, 15) is 23.1 Å². The Balaban J connectivity index is 1.44. The number of carbonyl (C=O) groups excluding carboxylic acids is 1. The Morgan fingerprint density at radius 1 is 1.04 bits per heavy atom. The van der Waals surface area contributed by atoms with Crippen LogP contribution in [0.5, 0.6) is 5.75 Å². The molecular formula is C40H48N6O6S. The van der Waals surface area contributed by atoms with E-state index >= 15 is 0 Å². The van der Waals surface area contributed by atoms with Gasteiger partial charge in [-0.3, -0.25) is 19.6 Å². The first kappa shape index (κ1) is 37.8. The molecule has 3 heterocycles. The summed E-state index contributed by atoms with van der Waals surface area (Å²) >= 11 is 0. The number of ether oxygens (including phenoxy) is 1. The number of aliphatic carboxylic acids is 1. The lowest BCUT2D eigenvalue weighted by Gasteiger charge is -2.37. The number of hydrazine groups is 2. The largest absolute Gasteiger partial charge is 0.488 e. The van der Waals surface area contributed by atoms with E-state index in [1.165, 1.54) is 4.31 Å². The van der Waals surface area contributed by atoms with Crippen LogP contribution in [0.25, 0.3) is 0 Å². The van der Waals surface area contributed by atoms with Gasteiger partial charge in [-0.05, 0) is 90.9 Å². The monoisotopic (exact) mass is 740 g/mol. The van der Waals surface area contributed by atoms with Gasteiger partial charge in [-0.1, -0.05) is 57.2 Å². The number of hydrogen-bond acceptors (Lipinski definition) is 9. The van der Waals surface area contributed by atoms with Crippen LogP contribution in [0.3, 0.4) is 0 Å². The Labute approximate surface area is 311 Å². The van der Waals surface area contributed by atoms with Crippen LogP contribution in [0.15, 0.2) is 84.0 Å². The van der Waals surface area contributed by atoms with Crippen LogP contribution in [-0.2, 0) is 26.2 Å². The number of anilines is 2. The summed E-state index contributed by atoms with van der Waals surface area (Å²) in [5, 5.41) is 14.8. The number of sulfonamides is 1. The number of carboxylic acids is 1. The Morgan fingerprint density at radius 2 is 1.77 bits per heavy atom. The lowest BCUT2D eigenvalue weighted by atomic mass is 9.69. The summed E-state index contributed by atoms with van der Waals surface area (Å²) in [5.41, 5.74) is 12.3. The number of pyridine rings is 1. The third-order valence-corrected chi connectivity index (χ3v) is 12.3. The number of aromatic nitrogens is 1. The topological polar surface area (TPSA) is 153 Å². The molecule has 1 amide bonds. The van der Waals surface area contributed by atoms with Crippen LogP contribution in [-0.4, -0.2) is 53.9 Å². The number of hydrogen-bond donors (Lipinski definition) is 4. The first-order valence-corrected chi connectivity index (χ1v) is 19.4. The zero-order valence-corrected chi connectivity index (χ0v) is 31.8. The molecule has 6 rings (SSSR count). The highest BCUT2D eigenvalue weighted by Gasteiger charge is 2.42. The van der Waals surface area contributed by atoms with Crippen molar-refractivity contribution in [3.63, 3.8) is 0 Å². The van der Waals surface area contributed by atoms with Crippen LogP contribution in [0.4, 0.5) is 11.4 Å².